The van der Waals surface area contributed by atoms with Crippen molar-refractivity contribution in [3.8, 4) is 0 Å². The van der Waals surface area contributed by atoms with Gasteiger partial charge in [-0.15, -0.1) is 0 Å². The van der Waals surface area contributed by atoms with E-state index in [1.165, 1.54) is 11.8 Å². The highest BCUT2D eigenvalue weighted by Crippen LogP contribution is 2.31. The predicted octanol–water partition coefficient (Wildman–Crippen LogP) is 2.87. The molecular formula is C13H17NO2S2. The van der Waals surface area contributed by atoms with Gasteiger partial charge in [-0.3, -0.25) is 4.79 Å². The number of hydrogen-bond acceptors (Lipinski definition) is 4. The summed E-state index contributed by atoms with van der Waals surface area (Å²) in [6.45, 7) is 2.17. The van der Waals surface area contributed by atoms with E-state index in [0.717, 1.165) is 5.56 Å². The fraction of sp³-hybridized carbons (Fsp3) is 0.385. The van der Waals surface area contributed by atoms with Crippen LogP contribution in [0.25, 0.3) is 0 Å². The van der Waals surface area contributed by atoms with Gasteiger partial charge >= 0.3 is 5.97 Å². The highest BCUT2D eigenvalue weighted by atomic mass is 32.2. The maximum absolute atomic E-state index is 12.0. The third kappa shape index (κ3) is 4.31. The molecule has 1 atom stereocenters. The molecule has 0 unspecified atom stereocenters. The molecule has 1 rings (SSSR count). The largest absolute Gasteiger partial charge is 0.465 e. The zero-order valence-electron chi connectivity index (χ0n) is 10.8. The first-order valence-electron chi connectivity index (χ1n) is 5.65. The van der Waals surface area contributed by atoms with E-state index in [9.17, 15) is 4.79 Å². The minimum Gasteiger partial charge on any atom is -0.465 e. The summed E-state index contributed by atoms with van der Waals surface area (Å²) in [6.07, 6.45) is 0. The van der Waals surface area contributed by atoms with Crippen LogP contribution in [0.15, 0.2) is 30.3 Å². The lowest BCUT2D eigenvalue weighted by molar-refractivity contribution is -0.142. The van der Waals surface area contributed by atoms with Crippen molar-refractivity contribution >= 4 is 34.3 Å². The molecule has 0 saturated heterocycles. The summed E-state index contributed by atoms with van der Waals surface area (Å²) in [5, 5.41) is -0.402. The third-order valence-corrected chi connectivity index (χ3v) is 4.11. The molecule has 0 aliphatic carbocycles. The zero-order chi connectivity index (χ0) is 13.5. The molecule has 0 aliphatic heterocycles. The molecule has 0 spiro atoms. The van der Waals surface area contributed by atoms with Gasteiger partial charge in [0.15, 0.2) is 0 Å². The van der Waals surface area contributed by atoms with E-state index in [4.69, 9.17) is 17.0 Å². The SMILES string of the molecule is CCOC(=O)[C@@H](SC(=S)N(C)C)c1ccccc1. The minimum absolute atomic E-state index is 0.252. The number of nitrogens with zero attached hydrogens (tertiary/aromatic N) is 1. The number of rotatable bonds is 4. The number of thioether (sulfide) groups is 1. The maximum atomic E-state index is 12.0. The van der Waals surface area contributed by atoms with Gasteiger partial charge in [0.25, 0.3) is 0 Å². The fourth-order valence-electron chi connectivity index (χ4n) is 1.30. The molecule has 98 valence electrons. The second-order valence-corrected chi connectivity index (χ2v) is 5.56. The molecule has 3 nitrogen and oxygen atoms in total. The smallest absolute Gasteiger partial charge is 0.324 e. The van der Waals surface area contributed by atoms with E-state index >= 15 is 0 Å². The molecule has 0 bridgehead atoms. The highest BCUT2D eigenvalue weighted by Gasteiger charge is 2.24. The number of benzene rings is 1. The number of carbonyl (C=O) groups is 1. The topological polar surface area (TPSA) is 29.5 Å². The normalized spacial score (nSPS) is 11.7. The Morgan fingerprint density at radius 1 is 1.39 bits per heavy atom. The van der Waals surface area contributed by atoms with Gasteiger partial charge in [0.2, 0.25) is 0 Å². The Bertz CT molecular complexity index is 407. The van der Waals surface area contributed by atoms with Crippen LogP contribution in [0.4, 0.5) is 0 Å². The van der Waals surface area contributed by atoms with E-state index in [1.54, 1.807) is 6.92 Å². The fourth-order valence-corrected chi connectivity index (χ4v) is 2.46. The molecule has 5 heteroatoms. The summed E-state index contributed by atoms with van der Waals surface area (Å²) >= 11 is 6.58. The number of carbonyl (C=O) groups excluding carboxylic acids is 1. The van der Waals surface area contributed by atoms with Crippen molar-refractivity contribution < 1.29 is 9.53 Å². The highest BCUT2D eigenvalue weighted by molar-refractivity contribution is 8.23. The van der Waals surface area contributed by atoms with Crippen LogP contribution in [0.3, 0.4) is 0 Å². The monoisotopic (exact) mass is 283 g/mol. The van der Waals surface area contributed by atoms with E-state index in [1.807, 2.05) is 49.3 Å². The second-order valence-electron chi connectivity index (χ2n) is 3.82. The van der Waals surface area contributed by atoms with Crippen molar-refractivity contribution in [3.05, 3.63) is 35.9 Å². The molecule has 0 saturated carbocycles. The molecule has 0 radical (unpaired) electrons. The van der Waals surface area contributed by atoms with Gasteiger partial charge in [-0.1, -0.05) is 54.3 Å². The minimum atomic E-state index is -0.402. The Kier molecular flexibility index (Phi) is 6.15. The summed E-state index contributed by atoms with van der Waals surface area (Å²) in [7, 11) is 3.73. The molecule has 0 aromatic heterocycles. The summed E-state index contributed by atoms with van der Waals surface area (Å²) < 4.78 is 5.76. The van der Waals surface area contributed by atoms with Gasteiger partial charge in [0.05, 0.1) is 6.61 Å². The van der Waals surface area contributed by atoms with E-state index < -0.39 is 5.25 Å². The quantitative estimate of drug-likeness (QED) is 0.626. The predicted molar refractivity (Wildman–Crippen MR) is 79.7 cm³/mol. The molecule has 1 aromatic carbocycles. The Morgan fingerprint density at radius 3 is 2.50 bits per heavy atom. The van der Waals surface area contributed by atoms with Gasteiger partial charge < -0.3 is 9.64 Å². The maximum Gasteiger partial charge on any atom is 0.324 e. The Labute approximate surface area is 118 Å². The molecule has 0 N–H and O–H groups in total. The third-order valence-electron chi connectivity index (χ3n) is 2.19. The van der Waals surface area contributed by atoms with Crippen molar-refractivity contribution in [1.29, 1.82) is 0 Å². The van der Waals surface area contributed by atoms with Gasteiger partial charge in [-0.2, -0.15) is 0 Å². The van der Waals surface area contributed by atoms with Crippen LogP contribution in [0.1, 0.15) is 17.7 Å². The molecule has 0 fully saturated rings. The van der Waals surface area contributed by atoms with E-state index in [2.05, 4.69) is 0 Å². The molecule has 0 amide bonds. The van der Waals surface area contributed by atoms with E-state index in [-0.39, 0.29) is 5.97 Å². The molecule has 0 aliphatic rings. The standard InChI is InChI=1S/C13H17NO2S2/c1-4-16-12(15)11(18-13(17)14(2)3)10-8-6-5-7-9-10/h5-9,11H,4H2,1-3H3/t11-/m0/s1. The van der Waals surface area contributed by atoms with Crippen molar-refractivity contribution in [1.82, 2.24) is 4.90 Å². The van der Waals surface area contributed by atoms with Crippen LogP contribution in [0.2, 0.25) is 0 Å². The number of ether oxygens (including phenoxy) is 1. The number of hydrogen-bond donors (Lipinski definition) is 0. The lowest BCUT2D eigenvalue weighted by Crippen LogP contribution is -2.21. The average Bonchev–Trinajstić information content (AvgIpc) is 2.36. The first-order valence-corrected chi connectivity index (χ1v) is 6.94. The summed E-state index contributed by atoms with van der Waals surface area (Å²) in [6, 6.07) is 9.54. The van der Waals surface area contributed by atoms with Crippen LogP contribution in [-0.4, -0.2) is 35.9 Å². The average molecular weight is 283 g/mol. The Hall–Kier alpha value is -1.07. The van der Waals surface area contributed by atoms with Crippen LogP contribution in [0.5, 0.6) is 0 Å². The summed E-state index contributed by atoms with van der Waals surface area (Å²) in [5.41, 5.74) is 0.908. The van der Waals surface area contributed by atoms with Gasteiger partial charge in [0.1, 0.15) is 9.57 Å². The van der Waals surface area contributed by atoms with Gasteiger partial charge in [0, 0.05) is 14.1 Å². The first kappa shape index (κ1) is 15.0. The van der Waals surface area contributed by atoms with Gasteiger partial charge in [-0.25, -0.2) is 0 Å². The van der Waals surface area contributed by atoms with Crippen LogP contribution in [-0.2, 0) is 9.53 Å². The Morgan fingerprint density at radius 2 is 2.00 bits per heavy atom. The molecule has 1 aromatic rings. The number of esters is 1. The van der Waals surface area contributed by atoms with Crippen molar-refractivity contribution in [3.63, 3.8) is 0 Å². The van der Waals surface area contributed by atoms with Crippen LogP contribution < -0.4 is 0 Å². The van der Waals surface area contributed by atoms with Crippen molar-refractivity contribution in [2.24, 2.45) is 0 Å². The molecular weight excluding hydrogens is 266 g/mol. The molecule has 0 heterocycles. The first-order chi connectivity index (χ1) is 8.56. The Balaban J connectivity index is 2.89. The summed E-state index contributed by atoms with van der Waals surface area (Å²) in [5.74, 6) is -0.252. The molecule has 18 heavy (non-hydrogen) atoms. The van der Waals surface area contributed by atoms with Gasteiger partial charge in [-0.05, 0) is 12.5 Å². The lowest BCUT2D eigenvalue weighted by atomic mass is 10.1. The van der Waals surface area contributed by atoms with Crippen molar-refractivity contribution in [2.75, 3.05) is 20.7 Å². The van der Waals surface area contributed by atoms with E-state index in [0.29, 0.717) is 10.9 Å². The summed E-state index contributed by atoms with van der Waals surface area (Å²) in [4.78, 5) is 13.8. The van der Waals surface area contributed by atoms with Crippen LogP contribution >= 0.6 is 24.0 Å². The zero-order valence-corrected chi connectivity index (χ0v) is 12.4. The number of thiocarbonyl (C=S) groups is 1. The second kappa shape index (κ2) is 7.38. The lowest BCUT2D eigenvalue weighted by Gasteiger charge is -2.19. The van der Waals surface area contributed by atoms with Crippen LogP contribution in [0, 0.1) is 0 Å². The van der Waals surface area contributed by atoms with Crippen molar-refractivity contribution in [2.45, 2.75) is 12.2 Å².